The van der Waals surface area contributed by atoms with Gasteiger partial charge >= 0.3 is 0 Å². The van der Waals surface area contributed by atoms with Gasteiger partial charge in [0.1, 0.15) is 0 Å². The lowest BCUT2D eigenvalue weighted by Gasteiger charge is -2.19. The van der Waals surface area contributed by atoms with E-state index in [1.165, 1.54) is 6.08 Å². The quantitative estimate of drug-likeness (QED) is 0.690. The second-order valence-corrected chi connectivity index (χ2v) is 6.43. The predicted octanol–water partition coefficient (Wildman–Crippen LogP) is 3.19. The number of rotatable bonds is 3. The van der Waals surface area contributed by atoms with E-state index in [0.717, 1.165) is 48.1 Å². The molecule has 5 nitrogen and oxygen atoms in total. The van der Waals surface area contributed by atoms with E-state index in [2.05, 4.69) is 4.98 Å². The van der Waals surface area contributed by atoms with E-state index < -0.39 is 0 Å². The number of hydrogen-bond acceptors (Lipinski definition) is 4. The van der Waals surface area contributed by atoms with Crippen molar-refractivity contribution >= 4 is 11.9 Å². The summed E-state index contributed by atoms with van der Waals surface area (Å²) in [6.07, 6.45) is 7.00. The molecule has 25 heavy (non-hydrogen) atoms. The number of hydrogen-bond donors (Lipinski definition) is 1. The smallest absolute Gasteiger partial charge is 0.259 e. The number of aryl methyl sites for hydroxylation is 1. The van der Waals surface area contributed by atoms with Crippen LogP contribution in [-0.2, 0) is 12.8 Å². The Kier molecular flexibility index (Phi) is 3.92. The van der Waals surface area contributed by atoms with Gasteiger partial charge in [0.2, 0.25) is 6.79 Å². The molecule has 2 heterocycles. The van der Waals surface area contributed by atoms with Crippen molar-refractivity contribution in [1.29, 1.82) is 0 Å². The average Bonchev–Trinajstić information content (AvgIpc) is 3.07. The van der Waals surface area contributed by atoms with Crippen molar-refractivity contribution in [2.75, 3.05) is 6.79 Å². The first-order valence-corrected chi connectivity index (χ1v) is 8.50. The molecule has 1 aromatic carbocycles. The highest BCUT2D eigenvalue weighted by molar-refractivity contribution is 6.07. The van der Waals surface area contributed by atoms with Gasteiger partial charge in [0.05, 0.1) is 5.56 Å². The van der Waals surface area contributed by atoms with Crippen LogP contribution in [0.3, 0.4) is 0 Å². The zero-order chi connectivity index (χ0) is 17.4. The van der Waals surface area contributed by atoms with Crippen LogP contribution in [0.1, 0.15) is 45.6 Å². The second kappa shape index (κ2) is 6.24. The Hall–Kier alpha value is -2.82. The van der Waals surface area contributed by atoms with Gasteiger partial charge in [0, 0.05) is 5.69 Å². The van der Waals surface area contributed by atoms with E-state index in [1.807, 2.05) is 25.1 Å². The summed E-state index contributed by atoms with van der Waals surface area (Å²) in [5, 5.41) is 0. The number of H-pyrrole nitrogens is 1. The average molecular weight is 337 g/mol. The number of carbonyl (C=O) groups is 1. The maximum atomic E-state index is 12.7. The number of pyridine rings is 1. The maximum absolute atomic E-state index is 12.7. The van der Waals surface area contributed by atoms with Gasteiger partial charge in [0.15, 0.2) is 17.3 Å². The van der Waals surface area contributed by atoms with Gasteiger partial charge in [-0.3, -0.25) is 9.59 Å². The van der Waals surface area contributed by atoms with Crippen LogP contribution in [0.15, 0.2) is 29.1 Å². The van der Waals surface area contributed by atoms with Crippen LogP contribution in [0.2, 0.25) is 0 Å². The number of ether oxygens (including phenoxy) is 2. The Morgan fingerprint density at radius 3 is 2.72 bits per heavy atom. The van der Waals surface area contributed by atoms with Gasteiger partial charge in [0.25, 0.3) is 5.56 Å². The molecule has 5 heteroatoms. The molecule has 0 atom stereocenters. The van der Waals surface area contributed by atoms with E-state index in [-0.39, 0.29) is 23.7 Å². The lowest BCUT2D eigenvalue weighted by molar-refractivity contribution is 0.104. The first kappa shape index (κ1) is 15.7. The molecule has 1 aliphatic carbocycles. The highest BCUT2D eigenvalue weighted by Crippen LogP contribution is 2.33. The first-order chi connectivity index (χ1) is 12.1. The molecule has 1 aromatic heterocycles. The molecule has 128 valence electrons. The molecule has 4 rings (SSSR count). The molecular weight excluding hydrogens is 318 g/mol. The second-order valence-electron chi connectivity index (χ2n) is 6.43. The molecule has 0 spiro atoms. The minimum absolute atomic E-state index is 0.215. The van der Waals surface area contributed by atoms with Gasteiger partial charge in [-0.1, -0.05) is 12.1 Å². The summed E-state index contributed by atoms with van der Waals surface area (Å²) in [6.45, 7) is 2.12. The zero-order valence-corrected chi connectivity index (χ0v) is 14.1. The number of aromatic nitrogens is 1. The van der Waals surface area contributed by atoms with Crippen LogP contribution in [0.4, 0.5) is 0 Å². The van der Waals surface area contributed by atoms with Crippen molar-refractivity contribution in [3.05, 3.63) is 62.6 Å². The fraction of sp³-hybridized carbons (Fsp3) is 0.300. The van der Waals surface area contributed by atoms with Gasteiger partial charge in [-0.25, -0.2) is 0 Å². The van der Waals surface area contributed by atoms with Crippen LogP contribution in [0, 0.1) is 6.92 Å². The third-order valence-corrected chi connectivity index (χ3v) is 4.82. The number of aromatic amines is 1. The van der Waals surface area contributed by atoms with E-state index in [9.17, 15) is 9.59 Å². The summed E-state index contributed by atoms with van der Waals surface area (Å²) in [5.41, 5.74) is 3.76. The molecule has 1 aliphatic heterocycles. The summed E-state index contributed by atoms with van der Waals surface area (Å²) in [5.74, 6) is 1.12. The minimum Gasteiger partial charge on any atom is -0.454 e. The van der Waals surface area contributed by atoms with Crippen molar-refractivity contribution in [3.8, 4) is 11.5 Å². The maximum Gasteiger partial charge on any atom is 0.259 e. The fourth-order valence-electron chi connectivity index (χ4n) is 3.57. The Balaban J connectivity index is 1.66. The van der Waals surface area contributed by atoms with Crippen LogP contribution in [0.25, 0.3) is 6.08 Å². The lowest BCUT2D eigenvalue weighted by atomic mass is 9.87. The van der Waals surface area contributed by atoms with Crippen LogP contribution in [-0.4, -0.2) is 17.6 Å². The summed E-state index contributed by atoms with van der Waals surface area (Å²) in [6, 6.07) is 5.49. The first-order valence-electron chi connectivity index (χ1n) is 8.50. The van der Waals surface area contributed by atoms with Crippen LogP contribution < -0.4 is 15.0 Å². The van der Waals surface area contributed by atoms with Crippen molar-refractivity contribution < 1.29 is 14.3 Å². The predicted molar refractivity (Wildman–Crippen MR) is 94.4 cm³/mol. The van der Waals surface area contributed by atoms with Crippen LogP contribution in [0.5, 0.6) is 11.5 Å². The molecule has 2 aliphatic rings. The normalized spacial score (nSPS) is 15.4. The fourth-order valence-corrected chi connectivity index (χ4v) is 3.57. The molecule has 0 saturated heterocycles. The number of carbonyl (C=O) groups excluding carboxylic acids is 1. The summed E-state index contributed by atoms with van der Waals surface area (Å²) >= 11 is 0. The summed E-state index contributed by atoms with van der Waals surface area (Å²) < 4.78 is 10.6. The highest BCUT2D eigenvalue weighted by Gasteiger charge is 2.22. The standard InChI is InChI=1S/C20H19NO4/c1-12-14-4-2-3-5-15(14)19(20(23)21-12)16(22)8-6-13-7-9-17-18(10-13)25-11-24-17/h6-10H,2-5,11H2,1H3,(H,21,23)/b8-6-. The molecule has 0 fully saturated rings. The van der Waals surface area contributed by atoms with Gasteiger partial charge in [-0.2, -0.15) is 0 Å². The summed E-state index contributed by atoms with van der Waals surface area (Å²) in [4.78, 5) is 27.9. The Morgan fingerprint density at radius 2 is 1.88 bits per heavy atom. The number of benzene rings is 1. The number of ketones is 1. The van der Waals surface area contributed by atoms with E-state index in [4.69, 9.17) is 9.47 Å². The monoisotopic (exact) mass is 337 g/mol. The van der Waals surface area contributed by atoms with Crippen molar-refractivity contribution in [2.24, 2.45) is 0 Å². The van der Waals surface area contributed by atoms with Crippen molar-refractivity contribution in [2.45, 2.75) is 32.6 Å². The molecule has 0 bridgehead atoms. The van der Waals surface area contributed by atoms with Crippen molar-refractivity contribution in [1.82, 2.24) is 4.98 Å². The van der Waals surface area contributed by atoms with Gasteiger partial charge in [-0.15, -0.1) is 0 Å². The number of allylic oxidation sites excluding steroid dienone is 1. The van der Waals surface area contributed by atoms with E-state index >= 15 is 0 Å². The molecule has 2 aromatic rings. The summed E-state index contributed by atoms with van der Waals surface area (Å²) in [7, 11) is 0. The molecule has 0 saturated carbocycles. The molecular formula is C20H19NO4. The third kappa shape index (κ3) is 2.86. The van der Waals surface area contributed by atoms with E-state index in [1.54, 1.807) is 6.08 Å². The number of nitrogens with one attached hydrogen (secondary N) is 1. The molecule has 0 unspecified atom stereocenters. The number of fused-ring (bicyclic) bond motifs is 2. The SMILES string of the molecule is Cc1[nH]c(=O)c(C(=O)/C=C\c2ccc3c(c2)OCO3)c2c1CCCC2. The van der Waals surface area contributed by atoms with Gasteiger partial charge in [-0.05, 0) is 67.5 Å². The van der Waals surface area contributed by atoms with Gasteiger partial charge < -0.3 is 14.5 Å². The Morgan fingerprint density at radius 1 is 1.12 bits per heavy atom. The van der Waals surface area contributed by atoms with Crippen molar-refractivity contribution in [3.63, 3.8) is 0 Å². The van der Waals surface area contributed by atoms with E-state index in [0.29, 0.717) is 11.5 Å². The Labute approximate surface area is 145 Å². The zero-order valence-electron chi connectivity index (χ0n) is 14.1. The third-order valence-electron chi connectivity index (χ3n) is 4.82. The lowest BCUT2D eigenvalue weighted by Crippen LogP contribution is -2.24. The largest absolute Gasteiger partial charge is 0.454 e. The molecule has 0 radical (unpaired) electrons. The topological polar surface area (TPSA) is 68.4 Å². The Bertz CT molecular complexity index is 939. The minimum atomic E-state index is -0.293. The molecule has 0 amide bonds. The molecule has 1 N–H and O–H groups in total. The highest BCUT2D eigenvalue weighted by atomic mass is 16.7. The van der Waals surface area contributed by atoms with Crippen LogP contribution >= 0.6 is 0 Å².